The molecular weight excluding hydrogens is 252 g/mol. The van der Waals surface area contributed by atoms with Gasteiger partial charge in [-0.3, -0.25) is 13.9 Å². The molecule has 0 saturated heterocycles. The van der Waals surface area contributed by atoms with Gasteiger partial charge in [-0.15, -0.1) is 0 Å². The Hall–Kier alpha value is -1.84. The first kappa shape index (κ1) is 14.6. The lowest BCUT2D eigenvalue weighted by Gasteiger charge is -2.11. The molecule has 0 radical (unpaired) electrons. The van der Waals surface area contributed by atoms with Gasteiger partial charge in [-0.1, -0.05) is 25.5 Å². The Labute approximate surface area is 118 Å². The Bertz CT molecular complexity index is 738. The molecule has 4 heteroatoms. The molecule has 1 aromatic heterocycles. The zero-order valence-corrected chi connectivity index (χ0v) is 12.6. The van der Waals surface area contributed by atoms with Crippen LogP contribution < -0.4 is 11.2 Å². The number of aromatic nitrogens is 2. The summed E-state index contributed by atoms with van der Waals surface area (Å²) in [6.45, 7) is 6.73. The third kappa shape index (κ3) is 2.69. The molecule has 0 fully saturated rings. The lowest BCUT2D eigenvalue weighted by Crippen LogP contribution is -2.39. The van der Waals surface area contributed by atoms with Crippen LogP contribution in [0, 0.1) is 12.8 Å². The van der Waals surface area contributed by atoms with Gasteiger partial charge in [-0.05, 0) is 37.8 Å². The number of benzene rings is 1. The van der Waals surface area contributed by atoms with E-state index in [1.807, 2.05) is 25.1 Å². The second kappa shape index (κ2) is 5.65. The second-order valence-corrected chi connectivity index (χ2v) is 5.86. The van der Waals surface area contributed by atoms with Crippen molar-refractivity contribution in [3.63, 3.8) is 0 Å². The topological polar surface area (TPSA) is 44.0 Å². The molecule has 108 valence electrons. The normalized spacial score (nSPS) is 11.4. The predicted octanol–water partition coefficient (Wildman–Crippen LogP) is 2.44. The molecule has 0 atom stereocenters. The maximum atomic E-state index is 12.5. The van der Waals surface area contributed by atoms with Gasteiger partial charge in [0.1, 0.15) is 0 Å². The van der Waals surface area contributed by atoms with E-state index in [0.717, 1.165) is 18.4 Å². The highest BCUT2D eigenvalue weighted by Crippen LogP contribution is 2.10. The van der Waals surface area contributed by atoms with E-state index in [2.05, 4.69) is 13.8 Å². The number of hydrogen-bond acceptors (Lipinski definition) is 2. The van der Waals surface area contributed by atoms with E-state index in [4.69, 9.17) is 0 Å². The van der Waals surface area contributed by atoms with Gasteiger partial charge in [0.05, 0.1) is 10.9 Å². The molecule has 2 aromatic rings. The summed E-state index contributed by atoms with van der Waals surface area (Å²) in [5.41, 5.74) is 1.33. The minimum absolute atomic E-state index is 0.171. The molecule has 0 saturated carbocycles. The average molecular weight is 274 g/mol. The van der Waals surface area contributed by atoms with E-state index in [1.54, 1.807) is 11.6 Å². The smallest absolute Gasteiger partial charge is 0.296 e. The fourth-order valence-corrected chi connectivity index (χ4v) is 2.48. The number of hydrogen-bond donors (Lipinski definition) is 0. The number of fused-ring (bicyclic) bond motifs is 1. The Balaban J connectivity index is 2.55. The van der Waals surface area contributed by atoms with Crippen LogP contribution in [0.25, 0.3) is 10.9 Å². The summed E-state index contributed by atoms with van der Waals surface area (Å²) in [6, 6.07) is 5.62. The van der Waals surface area contributed by atoms with Crippen molar-refractivity contribution in [2.45, 2.75) is 40.2 Å². The van der Waals surface area contributed by atoms with Gasteiger partial charge in [0.15, 0.2) is 0 Å². The Kier molecular flexibility index (Phi) is 4.12. The molecule has 0 N–H and O–H groups in total. The molecule has 0 unspecified atom stereocenters. The summed E-state index contributed by atoms with van der Waals surface area (Å²) < 4.78 is 2.93. The van der Waals surface area contributed by atoms with Crippen LogP contribution in [0.2, 0.25) is 0 Å². The molecule has 4 nitrogen and oxygen atoms in total. The SMILES string of the molecule is Cc1ccc2c(c1)c(=O)n(CCCC(C)C)c(=O)n2C. The van der Waals surface area contributed by atoms with Crippen molar-refractivity contribution in [3.8, 4) is 0 Å². The molecular formula is C16H22N2O2. The third-order valence-electron chi connectivity index (χ3n) is 3.67. The van der Waals surface area contributed by atoms with Gasteiger partial charge in [0, 0.05) is 13.6 Å². The molecule has 0 bridgehead atoms. The van der Waals surface area contributed by atoms with E-state index < -0.39 is 0 Å². The molecule has 0 amide bonds. The number of aryl methyl sites for hydroxylation is 2. The quantitative estimate of drug-likeness (QED) is 0.859. The van der Waals surface area contributed by atoms with E-state index in [1.165, 1.54) is 4.57 Å². The first-order valence-electron chi connectivity index (χ1n) is 7.12. The van der Waals surface area contributed by atoms with Crippen molar-refractivity contribution in [3.05, 3.63) is 44.6 Å². The molecule has 0 aliphatic carbocycles. The van der Waals surface area contributed by atoms with Crippen molar-refractivity contribution >= 4 is 10.9 Å². The van der Waals surface area contributed by atoms with E-state index in [-0.39, 0.29) is 11.2 Å². The van der Waals surface area contributed by atoms with Crippen LogP contribution in [-0.2, 0) is 13.6 Å². The van der Waals surface area contributed by atoms with Gasteiger partial charge in [0.25, 0.3) is 5.56 Å². The van der Waals surface area contributed by atoms with E-state index in [9.17, 15) is 9.59 Å². The minimum Gasteiger partial charge on any atom is -0.296 e. The van der Waals surface area contributed by atoms with Crippen LogP contribution in [-0.4, -0.2) is 9.13 Å². The highest BCUT2D eigenvalue weighted by atomic mass is 16.2. The van der Waals surface area contributed by atoms with Gasteiger partial charge in [0.2, 0.25) is 0 Å². The molecule has 0 aliphatic heterocycles. The first-order valence-corrected chi connectivity index (χ1v) is 7.12. The summed E-state index contributed by atoms with van der Waals surface area (Å²) in [4.78, 5) is 24.8. The summed E-state index contributed by atoms with van der Waals surface area (Å²) in [5.74, 6) is 0.581. The number of nitrogens with zero attached hydrogens (tertiary/aromatic N) is 2. The van der Waals surface area contributed by atoms with Crippen LogP contribution in [0.1, 0.15) is 32.3 Å². The highest BCUT2D eigenvalue weighted by molar-refractivity contribution is 5.78. The van der Waals surface area contributed by atoms with Crippen molar-refractivity contribution < 1.29 is 0 Å². The van der Waals surface area contributed by atoms with Crippen LogP contribution in [0.3, 0.4) is 0 Å². The zero-order valence-electron chi connectivity index (χ0n) is 12.6. The zero-order chi connectivity index (χ0) is 14.9. The maximum absolute atomic E-state index is 12.5. The third-order valence-corrected chi connectivity index (χ3v) is 3.67. The first-order chi connectivity index (χ1) is 9.41. The lowest BCUT2D eigenvalue weighted by atomic mass is 10.1. The molecule has 20 heavy (non-hydrogen) atoms. The van der Waals surface area contributed by atoms with Gasteiger partial charge in [-0.2, -0.15) is 0 Å². The molecule has 0 aliphatic rings. The Morgan fingerprint density at radius 2 is 1.90 bits per heavy atom. The Morgan fingerprint density at radius 3 is 2.55 bits per heavy atom. The fourth-order valence-electron chi connectivity index (χ4n) is 2.48. The summed E-state index contributed by atoms with van der Waals surface area (Å²) in [5, 5.41) is 0.622. The fraction of sp³-hybridized carbons (Fsp3) is 0.500. The largest absolute Gasteiger partial charge is 0.331 e. The van der Waals surface area contributed by atoms with Crippen molar-refractivity contribution in [2.24, 2.45) is 13.0 Å². The van der Waals surface area contributed by atoms with E-state index >= 15 is 0 Å². The second-order valence-electron chi connectivity index (χ2n) is 5.86. The molecule has 1 heterocycles. The van der Waals surface area contributed by atoms with Crippen LogP contribution in [0.5, 0.6) is 0 Å². The van der Waals surface area contributed by atoms with Crippen LogP contribution in [0.15, 0.2) is 27.8 Å². The van der Waals surface area contributed by atoms with Gasteiger partial charge in [-0.25, -0.2) is 4.79 Å². The minimum atomic E-state index is -0.227. The summed E-state index contributed by atoms with van der Waals surface area (Å²) >= 11 is 0. The average Bonchev–Trinajstić information content (AvgIpc) is 2.40. The van der Waals surface area contributed by atoms with Gasteiger partial charge >= 0.3 is 5.69 Å². The van der Waals surface area contributed by atoms with E-state index in [0.29, 0.717) is 23.4 Å². The molecule has 2 rings (SSSR count). The summed E-state index contributed by atoms with van der Waals surface area (Å²) in [6.07, 6.45) is 1.87. The predicted molar refractivity (Wildman–Crippen MR) is 82.3 cm³/mol. The van der Waals surface area contributed by atoms with Crippen LogP contribution in [0.4, 0.5) is 0 Å². The number of rotatable bonds is 4. The van der Waals surface area contributed by atoms with Crippen LogP contribution >= 0.6 is 0 Å². The lowest BCUT2D eigenvalue weighted by molar-refractivity contribution is 0.491. The van der Waals surface area contributed by atoms with Gasteiger partial charge < -0.3 is 0 Å². The summed E-state index contributed by atoms with van der Waals surface area (Å²) in [7, 11) is 1.72. The monoisotopic (exact) mass is 274 g/mol. The Morgan fingerprint density at radius 1 is 1.20 bits per heavy atom. The molecule has 1 aromatic carbocycles. The molecule has 0 spiro atoms. The standard InChI is InChI=1S/C16H22N2O2/c1-11(2)6-5-9-18-15(19)13-10-12(3)7-8-14(13)17(4)16(18)20/h7-8,10-11H,5-6,9H2,1-4H3. The van der Waals surface area contributed by atoms with Crippen molar-refractivity contribution in [2.75, 3.05) is 0 Å². The highest BCUT2D eigenvalue weighted by Gasteiger charge is 2.10. The van der Waals surface area contributed by atoms with Crippen molar-refractivity contribution in [1.29, 1.82) is 0 Å². The van der Waals surface area contributed by atoms with Crippen molar-refractivity contribution in [1.82, 2.24) is 9.13 Å². The maximum Gasteiger partial charge on any atom is 0.331 e.